The van der Waals surface area contributed by atoms with Crippen molar-refractivity contribution in [2.45, 2.75) is 6.43 Å². The first kappa shape index (κ1) is 11.9. The molecule has 0 aliphatic heterocycles. The molecule has 0 aliphatic rings. The van der Waals surface area contributed by atoms with Crippen molar-refractivity contribution in [2.24, 2.45) is 0 Å². The summed E-state index contributed by atoms with van der Waals surface area (Å²) in [6.45, 7) is -0.709. The zero-order valence-electron chi connectivity index (χ0n) is 7.41. The molecule has 0 saturated carbocycles. The number of ether oxygens (including phenoxy) is 1. The van der Waals surface area contributed by atoms with E-state index in [1.54, 1.807) is 0 Å². The minimum atomic E-state index is -2.55. The largest absolute Gasteiger partial charge is 0.488 e. The van der Waals surface area contributed by atoms with Gasteiger partial charge in [0, 0.05) is 4.47 Å². The van der Waals surface area contributed by atoms with Crippen molar-refractivity contribution in [3.8, 4) is 5.75 Å². The van der Waals surface area contributed by atoms with Crippen LogP contribution in [0.2, 0.25) is 0 Å². The molecule has 0 spiro atoms. The van der Waals surface area contributed by atoms with Gasteiger partial charge >= 0.3 is 5.97 Å². The maximum atomic E-state index is 11.8. The Kier molecular flexibility index (Phi) is 4.02. The molecule has 0 aromatic heterocycles. The third-order valence-electron chi connectivity index (χ3n) is 1.55. The third-order valence-corrected chi connectivity index (χ3v) is 2.20. The van der Waals surface area contributed by atoms with Gasteiger partial charge in [-0.15, -0.1) is 0 Å². The minimum absolute atomic E-state index is 0.0550. The number of carboxylic acid groups (broad SMARTS) is 1. The molecule has 0 aliphatic carbocycles. The van der Waals surface area contributed by atoms with Gasteiger partial charge in [-0.1, -0.05) is 0 Å². The Labute approximate surface area is 92.8 Å². The predicted octanol–water partition coefficient (Wildman–Crippen LogP) is 2.79. The lowest BCUT2D eigenvalue weighted by Gasteiger charge is -2.06. The van der Waals surface area contributed by atoms with Crippen LogP contribution in [0.3, 0.4) is 0 Å². The lowest BCUT2D eigenvalue weighted by atomic mass is 10.2. The predicted molar refractivity (Wildman–Crippen MR) is 52.6 cm³/mol. The highest BCUT2D eigenvalue weighted by Gasteiger charge is 2.10. The first-order valence-electron chi connectivity index (χ1n) is 3.94. The highest BCUT2D eigenvalue weighted by Crippen LogP contribution is 2.23. The molecule has 3 nitrogen and oxygen atoms in total. The molecule has 0 saturated heterocycles. The van der Waals surface area contributed by atoms with Gasteiger partial charge < -0.3 is 9.84 Å². The molecule has 15 heavy (non-hydrogen) atoms. The van der Waals surface area contributed by atoms with Crippen LogP contribution in [0.1, 0.15) is 10.4 Å². The number of alkyl halides is 2. The van der Waals surface area contributed by atoms with E-state index in [0.717, 1.165) is 0 Å². The Morgan fingerprint density at radius 2 is 2.20 bits per heavy atom. The van der Waals surface area contributed by atoms with Crippen molar-refractivity contribution in [3.05, 3.63) is 28.2 Å². The Morgan fingerprint density at radius 3 is 2.67 bits per heavy atom. The number of rotatable bonds is 4. The van der Waals surface area contributed by atoms with Gasteiger partial charge in [-0.25, -0.2) is 13.6 Å². The molecule has 0 fully saturated rings. The quantitative estimate of drug-likeness (QED) is 0.923. The summed E-state index contributed by atoms with van der Waals surface area (Å²) in [6.07, 6.45) is -2.55. The molecule has 6 heteroatoms. The van der Waals surface area contributed by atoms with E-state index in [-0.39, 0.29) is 11.3 Å². The molecule has 0 atom stereocenters. The molecule has 1 aromatic carbocycles. The van der Waals surface area contributed by atoms with Crippen LogP contribution in [0.5, 0.6) is 5.75 Å². The molecule has 1 aromatic rings. The molecule has 0 amide bonds. The van der Waals surface area contributed by atoms with Crippen molar-refractivity contribution in [3.63, 3.8) is 0 Å². The second-order valence-corrected chi connectivity index (χ2v) is 3.50. The number of hydrogen-bond acceptors (Lipinski definition) is 2. The van der Waals surface area contributed by atoms with Gasteiger partial charge in [0.1, 0.15) is 12.4 Å². The molecular weight excluding hydrogens is 274 g/mol. The van der Waals surface area contributed by atoms with Crippen LogP contribution in [-0.4, -0.2) is 24.1 Å². The summed E-state index contributed by atoms with van der Waals surface area (Å²) in [7, 11) is 0. The van der Waals surface area contributed by atoms with Gasteiger partial charge in [0.25, 0.3) is 6.43 Å². The van der Waals surface area contributed by atoms with Crippen molar-refractivity contribution in [1.29, 1.82) is 0 Å². The van der Waals surface area contributed by atoms with Crippen molar-refractivity contribution in [2.75, 3.05) is 6.61 Å². The lowest BCUT2D eigenvalue weighted by molar-refractivity contribution is 0.0694. The summed E-state index contributed by atoms with van der Waals surface area (Å²) >= 11 is 3.01. The summed E-state index contributed by atoms with van der Waals surface area (Å²) < 4.78 is 28.6. The van der Waals surface area contributed by atoms with Crippen LogP contribution in [0.15, 0.2) is 22.7 Å². The van der Waals surface area contributed by atoms with Gasteiger partial charge in [-0.05, 0) is 34.1 Å². The number of halogens is 3. The maximum absolute atomic E-state index is 11.8. The topological polar surface area (TPSA) is 46.5 Å². The zero-order chi connectivity index (χ0) is 11.4. The summed E-state index contributed by atoms with van der Waals surface area (Å²) in [5.74, 6) is -0.894. The zero-order valence-corrected chi connectivity index (χ0v) is 9.00. The van der Waals surface area contributed by atoms with Gasteiger partial charge in [0.2, 0.25) is 0 Å². The van der Waals surface area contributed by atoms with Crippen LogP contribution >= 0.6 is 15.9 Å². The minimum Gasteiger partial charge on any atom is -0.488 e. The van der Waals surface area contributed by atoms with E-state index in [0.29, 0.717) is 4.47 Å². The van der Waals surface area contributed by atoms with Crippen molar-refractivity contribution in [1.82, 2.24) is 0 Å². The highest BCUT2D eigenvalue weighted by atomic mass is 79.9. The Morgan fingerprint density at radius 1 is 1.53 bits per heavy atom. The van der Waals surface area contributed by atoms with Gasteiger partial charge in [-0.3, -0.25) is 0 Å². The van der Waals surface area contributed by atoms with Crippen molar-refractivity contribution < 1.29 is 23.4 Å². The highest BCUT2D eigenvalue weighted by molar-refractivity contribution is 9.10. The molecular formula is C9H7BrF2O3. The summed E-state index contributed by atoms with van der Waals surface area (Å²) in [6, 6.07) is 3.95. The van der Waals surface area contributed by atoms with Crippen LogP contribution in [0.4, 0.5) is 8.78 Å². The van der Waals surface area contributed by atoms with Gasteiger partial charge in [0.15, 0.2) is 0 Å². The molecule has 0 unspecified atom stereocenters. The standard InChI is InChI=1S/C9H7BrF2O3/c10-7-3-5(15-4-8(11)12)1-2-6(7)9(13)14/h1-3,8H,4H2,(H,13,14). The number of carboxylic acids is 1. The smallest absolute Gasteiger partial charge is 0.336 e. The normalized spacial score (nSPS) is 10.4. The number of hydrogen-bond donors (Lipinski definition) is 1. The van der Waals surface area contributed by atoms with Crippen LogP contribution in [0, 0.1) is 0 Å². The average Bonchev–Trinajstić information content (AvgIpc) is 2.14. The van der Waals surface area contributed by atoms with E-state index in [1.807, 2.05) is 0 Å². The molecule has 0 bridgehead atoms. The molecule has 1 rings (SSSR count). The monoisotopic (exact) mass is 280 g/mol. The Hall–Kier alpha value is -1.17. The van der Waals surface area contributed by atoms with Crippen LogP contribution in [0.25, 0.3) is 0 Å². The summed E-state index contributed by atoms with van der Waals surface area (Å²) in [5, 5.41) is 8.68. The van der Waals surface area contributed by atoms with Gasteiger partial charge in [0.05, 0.1) is 5.56 Å². The molecule has 82 valence electrons. The molecule has 0 heterocycles. The fourth-order valence-electron chi connectivity index (χ4n) is 0.918. The van der Waals surface area contributed by atoms with Crippen LogP contribution < -0.4 is 4.74 Å². The van der Waals surface area contributed by atoms with Gasteiger partial charge in [-0.2, -0.15) is 0 Å². The van der Waals surface area contributed by atoms with E-state index in [9.17, 15) is 13.6 Å². The second kappa shape index (κ2) is 5.06. The lowest BCUT2D eigenvalue weighted by Crippen LogP contribution is -2.07. The van der Waals surface area contributed by atoms with E-state index >= 15 is 0 Å². The maximum Gasteiger partial charge on any atom is 0.336 e. The van der Waals surface area contributed by atoms with E-state index < -0.39 is 19.0 Å². The fourth-order valence-corrected chi connectivity index (χ4v) is 1.45. The first-order valence-corrected chi connectivity index (χ1v) is 4.74. The summed E-state index contributed by atoms with van der Waals surface area (Å²) in [5.41, 5.74) is 0.0550. The number of aromatic carboxylic acids is 1. The van der Waals surface area contributed by atoms with E-state index in [2.05, 4.69) is 15.9 Å². The fraction of sp³-hybridized carbons (Fsp3) is 0.222. The summed E-state index contributed by atoms with van der Waals surface area (Å²) in [4.78, 5) is 10.6. The number of benzene rings is 1. The van der Waals surface area contributed by atoms with E-state index in [4.69, 9.17) is 9.84 Å². The Balaban J connectivity index is 2.78. The van der Waals surface area contributed by atoms with Crippen LogP contribution in [-0.2, 0) is 0 Å². The second-order valence-electron chi connectivity index (χ2n) is 2.65. The Bertz CT molecular complexity index is 368. The number of carbonyl (C=O) groups is 1. The third kappa shape index (κ3) is 3.47. The molecule has 0 radical (unpaired) electrons. The first-order chi connectivity index (χ1) is 7.00. The van der Waals surface area contributed by atoms with E-state index in [1.165, 1.54) is 18.2 Å². The molecule has 1 N–H and O–H groups in total. The average molecular weight is 281 g/mol. The van der Waals surface area contributed by atoms with Crippen molar-refractivity contribution >= 4 is 21.9 Å². The SMILES string of the molecule is O=C(O)c1ccc(OCC(F)F)cc1Br.